The number of alkyl carbamates (subject to hydrolysis) is 1. The van der Waals surface area contributed by atoms with E-state index in [0.29, 0.717) is 5.56 Å². The highest BCUT2D eigenvalue weighted by Gasteiger charge is 2.24. The zero-order valence-electron chi connectivity index (χ0n) is 16.1. The fourth-order valence-electron chi connectivity index (χ4n) is 2.62. The SMILES string of the molecule is COC[C@@H](CS(=O)(=O)Cc1cnc2ccccc2c1)NC(=O)OC(C)(C)C. The average molecular weight is 394 g/mol. The summed E-state index contributed by atoms with van der Waals surface area (Å²) in [5.41, 5.74) is 0.738. The van der Waals surface area contributed by atoms with E-state index in [9.17, 15) is 13.2 Å². The summed E-state index contributed by atoms with van der Waals surface area (Å²) in [5.74, 6) is -0.423. The Bertz CT molecular complexity index is 890. The third kappa shape index (κ3) is 7.15. The van der Waals surface area contributed by atoms with Crippen LogP contribution in [0, 0.1) is 0 Å². The number of rotatable bonds is 7. The van der Waals surface area contributed by atoms with E-state index >= 15 is 0 Å². The van der Waals surface area contributed by atoms with Gasteiger partial charge in [-0.3, -0.25) is 4.98 Å². The molecule has 1 heterocycles. The first-order chi connectivity index (χ1) is 12.6. The zero-order chi connectivity index (χ0) is 20.1. The lowest BCUT2D eigenvalue weighted by molar-refractivity contribution is 0.0479. The van der Waals surface area contributed by atoms with Crippen molar-refractivity contribution in [3.63, 3.8) is 0 Å². The van der Waals surface area contributed by atoms with Crippen molar-refractivity contribution in [1.82, 2.24) is 10.3 Å². The maximum atomic E-state index is 12.6. The number of aromatic nitrogens is 1. The highest BCUT2D eigenvalue weighted by atomic mass is 32.2. The van der Waals surface area contributed by atoms with Gasteiger partial charge in [0.1, 0.15) is 5.60 Å². The van der Waals surface area contributed by atoms with Gasteiger partial charge in [-0.1, -0.05) is 18.2 Å². The number of nitrogens with one attached hydrogen (secondary N) is 1. The van der Waals surface area contributed by atoms with Crippen molar-refractivity contribution >= 4 is 26.8 Å². The zero-order valence-corrected chi connectivity index (χ0v) is 16.9. The maximum absolute atomic E-state index is 12.6. The van der Waals surface area contributed by atoms with Crippen LogP contribution >= 0.6 is 0 Å². The van der Waals surface area contributed by atoms with Gasteiger partial charge in [0.25, 0.3) is 0 Å². The van der Waals surface area contributed by atoms with E-state index in [1.54, 1.807) is 27.0 Å². The number of carbonyl (C=O) groups excluding carboxylic acids is 1. The van der Waals surface area contributed by atoms with Crippen LogP contribution in [-0.4, -0.2) is 50.6 Å². The Labute approximate surface area is 160 Å². The number of pyridine rings is 1. The highest BCUT2D eigenvalue weighted by Crippen LogP contribution is 2.15. The minimum atomic E-state index is -3.50. The van der Waals surface area contributed by atoms with E-state index in [1.807, 2.05) is 30.3 Å². The molecule has 0 unspecified atom stereocenters. The standard InChI is InChI=1S/C19H26N2O5S/c1-19(2,3)26-18(22)21-16(11-25-4)13-27(23,24)12-14-9-15-7-5-6-8-17(15)20-10-14/h5-10,16H,11-13H2,1-4H3,(H,21,22)/t16-/m0/s1. The molecule has 0 aliphatic rings. The Balaban J connectivity index is 2.07. The highest BCUT2D eigenvalue weighted by molar-refractivity contribution is 7.90. The van der Waals surface area contributed by atoms with E-state index in [-0.39, 0.29) is 18.1 Å². The van der Waals surface area contributed by atoms with E-state index in [4.69, 9.17) is 9.47 Å². The number of sulfone groups is 1. The molecule has 2 aromatic rings. The molecule has 1 aromatic carbocycles. The second-order valence-corrected chi connectivity index (χ2v) is 9.50. The van der Waals surface area contributed by atoms with Gasteiger partial charge in [-0.05, 0) is 38.5 Å². The van der Waals surface area contributed by atoms with Crippen molar-refractivity contribution in [3.8, 4) is 0 Å². The number of para-hydroxylation sites is 1. The van der Waals surface area contributed by atoms with Crippen LogP contribution < -0.4 is 5.32 Å². The van der Waals surface area contributed by atoms with Crippen LogP contribution in [0.3, 0.4) is 0 Å². The summed E-state index contributed by atoms with van der Waals surface area (Å²) in [5, 5.41) is 3.45. The number of methoxy groups -OCH3 is 1. The van der Waals surface area contributed by atoms with Gasteiger partial charge in [0.05, 0.1) is 29.7 Å². The van der Waals surface area contributed by atoms with Crippen molar-refractivity contribution in [2.24, 2.45) is 0 Å². The predicted molar refractivity (Wildman–Crippen MR) is 104 cm³/mol. The van der Waals surface area contributed by atoms with Crippen molar-refractivity contribution < 1.29 is 22.7 Å². The molecule has 0 fully saturated rings. The summed E-state index contributed by atoms with van der Waals surface area (Å²) in [6.45, 7) is 5.28. The molecule has 0 radical (unpaired) electrons. The van der Waals surface area contributed by atoms with Crippen molar-refractivity contribution in [1.29, 1.82) is 0 Å². The van der Waals surface area contributed by atoms with E-state index in [2.05, 4.69) is 10.3 Å². The number of hydrogen-bond acceptors (Lipinski definition) is 6. The largest absolute Gasteiger partial charge is 0.444 e. The first kappa shape index (κ1) is 21.1. The maximum Gasteiger partial charge on any atom is 0.407 e. The number of hydrogen-bond donors (Lipinski definition) is 1. The molecule has 0 aliphatic heterocycles. The number of nitrogens with zero attached hydrogens (tertiary/aromatic N) is 1. The van der Waals surface area contributed by atoms with Gasteiger partial charge in [-0.2, -0.15) is 0 Å². The van der Waals surface area contributed by atoms with Crippen LogP contribution in [0.25, 0.3) is 10.9 Å². The molecule has 0 saturated heterocycles. The van der Waals surface area contributed by atoms with Gasteiger partial charge in [0.15, 0.2) is 9.84 Å². The van der Waals surface area contributed by atoms with Gasteiger partial charge in [-0.15, -0.1) is 0 Å². The average Bonchev–Trinajstić information content (AvgIpc) is 2.52. The lowest BCUT2D eigenvalue weighted by Crippen LogP contribution is -2.45. The van der Waals surface area contributed by atoms with Gasteiger partial charge in [-0.25, -0.2) is 13.2 Å². The monoisotopic (exact) mass is 394 g/mol. The summed E-state index contributed by atoms with van der Waals surface area (Å²) in [6, 6.07) is 8.61. The Morgan fingerprint density at radius 3 is 2.63 bits per heavy atom. The van der Waals surface area contributed by atoms with E-state index < -0.39 is 27.6 Å². The predicted octanol–water partition coefficient (Wildman–Crippen LogP) is 2.69. The number of amides is 1. The summed E-state index contributed by atoms with van der Waals surface area (Å²) in [4.78, 5) is 16.2. The van der Waals surface area contributed by atoms with Crippen LogP contribution in [-0.2, 0) is 25.1 Å². The van der Waals surface area contributed by atoms with Crippen molar-refractivity contribution in [2.45, 2.75) is 38.2 Å². The summed E-state index contributed by atoms with van der Waals surface area (Å²) >= 11 is 0. The minimum Gasteiger partial charge on any atom is -0.444 e. The first-order valence-corrected chi connectivity index (χ1v) is 10.4. The second kappa shape index (κ2) is 8.67. The molecule has 7 nitrogen and oxygen atoms in total. The van der Waals surface area contributed by atoms with Crippen LogP contribution in [0.15, 0.2) is 36.5 Å². The normalized spacial score (nSPS) is 13.3. The number of benzene rings is 1. The molecule has 148 valence electrons. The summed E-state index contributed by atoms with van der Waals surface area (Å²) in [6.07, 6.45) is 0.888. The lowest BCUT2D eigenvalue weighted by atomic mass is 10.2. The van der Waals surface area contributed by atoms with Crippen molar-refractivity contribution in [2.75, 3.05) is 19.5 Å². The quantitative estimate of drug-likeness (QED) is 0.776. The van der Waals surface area contributed by atoms with Gasteiger partial charge in [0, 0.05) is 18.7 Å². The number of ether oxygens (including phenoxy) is 2. The van der Waals surface area contributed by atoms with Gasteiger partial charge >= 0.3 is 6.09 Å². The van der Waals surface area contributed by atoms with Crippen LogP contribution in [0.2, 0.25) is 0 Å². The van der Waals surface area contributed by atoms with Gasteiger partial charge in [0.2, 0.25) is 0 Å². The van der Waals surface area contributed by atoms with Crippen LogP contribution in [0.1, 0.15) is 26.3 Å². The Morgan fingerprint density at radius 2 is 1.96 bits per heavy atom. The molecule has 1 N–H and O–H groups in total. The molecular formula is C19H26N2O5S. The number of carbonyl (C=O) groups is 1. The topological polar surface area (TPSA) is 94.6 Å². The van der Waals surface area contributed by atoms with E-state index in [0.717, 1.165) is 10.9 Å². The first-order valence-electron chi connectivity index (χ1n) is 8.60. The Kier molecular flexibility index (Phi) is 6.78. The fourth-order valence-corrected chi connectivity index (χ4v) is 4.20. The minimum absolute atomic E-state index is 0.0639. The molecule has 2 rings (SSSR count). The van der Waals surface area contributed by atoms with Crippen LogP contribution in [0.5, 0.6) is 0 Å². The molecular weight excluding hydrogens is 368 g/mol. The Hall–Kier alpha value is -2.19. The van der Waals surface area contributed by atoms with E-state index in [1.165, 1.54) is 7.11 Å². The summed E-state index contributed by atoms with van der Waals surface area (Å²) in [7, 11) is -2.06. The number of fused-ring (bicyclic) bond motifs is 1. The fraction of sp³-hybridized carbons (Fsp3) is 0.474. The third-order valence-electron chi connectivity index (χ3n) is 3.58. The second-order valence-electron chi connectivity index (χ2n) is 7.39. The summed E-state index contributed by atoms with van der Waals surface area (Å²) < 4.78 is 35.5. The molecule has 1 amide bonds. The molecule has 0 saturated carbocycles. The third-order valence-corrected chi connectivity index (χ3v) is 5.26. The molecule has 1 atom stereocenters. The van der Waals surface area contributed by atoms with Crippen LogP contribution in [0.4, 0.5) is 4.79 Å². The smallest absolute Gasteiger partial charge is 0.407 e. The molecule has 0 spiro atoms. The molecule has 27 heavy (non-hydrogen) atoms. The van der Waals surface area contributed by atoms with Crippen molar-refractivity contribution in [3.05, 3.63) is 42.1 Å². The molecule has 1 aromatic heterocycles. The molecule has 0 bridgehead atoms. The van der Waals surface area contributed by atoms with Gasteiger partial charge < -0.3 is 14.8 Å². The molecule has 8 heteroatoms. The molecule has 0 aliphatic carbocycles. The lowest BCUT2D eigenvalue weighted by Gasteiger charge is -2.23. The Morgan fingerprint density at radius 1 is 1.26 bits per heavy atom.